The molecule has 0 spiro atoms. The van der Waals surface area contributed by atoms with Gasteiger partial charge in [0.15, 0.2) is 11.6 Å². The lowest BCUT2D eigenvalue weighted by atomic mass is 9.82. The second-order valence-electron chi connectivity index (χ2n) is 10.7. The predicted molar refractivity (Wildman–Crippen MR) is 150 cm³/mol. The van der Waals surface area contributed by atoms with Gasteiger partial charge >= 0.3 is 5.97 Å². The molecule has 2 unspecified atom stereocenters. The second kappa shape index (κ2) is 22.7. The van der Waals surface area contributed by atoms with Crippen LogP contribution in [0.4, 0.5) is 0 Å². The number of ether oxygens (including phenoxy) is 1. The average molecular weight is 527 g/mol. The van der Waals surface area contributed by atoms with Gasteiger partial charge in [0.05, 0.1) is 12.5 Å². The number of Topliss-reactive ketones (excluding diaryl/α,β-unsaturated/α-hetero) is 2. The molecule has 0 aliphatic rings. The lowest BCUT2D eigenvalue weighted by molar-refractivity contribution is -0.191. The fourth-order valence-corrected chi connectivity index (χ4v) is 4.88. The molecule has 0 radical (unpaired) electrons. The van der Waals surface area contributed by atoms with Crippen LogP contribution in [0.2, 0.25) is 0 Å². The van der Waals surface area contributed by atoms with Crippen molar-refractivity contribution in [1.29, 1.82) is 0 Å². The molecule has 37 heavy (non-hydrogen) atoms. The molecule has 0 aliphatic carbocycles. The Hall–Kier alpha value is -1.27. The number of hydrogen-bond donors (Lipinski definition) is 2. The maximum Gasteiger partial charge on any atom is 0.310 e. The van der Waals surface area contributed by atoms with Crippen molar-refractivity contribution in [3.8, 4) is 0 Å². The number of carbonyl (C=O) groups excluding carboxylic acids is 3. The highest BCUT2D eigenvalue weighted by molar-refractivity contribution is 6.12. The van der Waals surface area contributed by atoms with Crippen molar-refractivity contribution in [1.82, 2.24) is 0 Å². The van der Waals surface area contributed by atoms with E-state index in [4.69, 9.17) is 4.74 Å². The van der Waals surface area contributed by atoms with E-state index in [-0.39, 0.29) is 12.8 Å². The Morgan fingerprint density at radius 2 is 1.05 bits per heavy atom. The molecular weight excluding hydrogens is 468 g/mol. The Balaban J connectivity index is 5.52. The summed E-state index contributed by atoms with van der Waals surface area (Å²) in [5, 5.41) is 20.7. The first-order valence-corrected chi connectivity index (χ1v) is 15.4. The summed E-state index contributed by atoms with van der Waals surface area (Å²) < 4.78 is 5.74. The van der Waals surface area contributed by atoms with E-state index < -0.39 is 41.8 Å². The normalized spacial score (nSPS) is 13.4. The van der Waals surface area contributed by atoms with Crippen molar-refractivity contribution in [2.24, 2.45) is 5.92 Å². The first-order valence-electron chi connectivity index (χ1n) is 15.4. The van der Waals surface area contributed by atoms with E-state index in [9.17, 15) is 24.6 Å². The first-order chi connectivity index (χ1) is 17.8. The van der Waals surface area contributed by atoms with Crippen molar-refractivity contribution in [2.75, 3.05) is 6.61 Å². The van der Waals surface area contributed by atoms with Gasteiger partial charge in [-0.2, -0.15) is 0 Å². The fourth-order valence-electron chi connectivity index (χ4n) is 4.88. The lowest BCUT2D eigenvalue weighted by Gasteiger charge is -2.35. The van der Waals surface area contributed by atoms with Crippen molar-refractivity contribution < 1.29 is 29.3 Å². The van der Waals surface area contributed by atoms with Gasteiger partial charge in [-0.25, -0.2) is 0 Å². The molecule has 0 aromatic heterocycles. The third-order valence-corrected chi connectivity index (χ3v) is 7.48. The van der Waals surface area contributed by atoms with Crippen LogP contribution in [0.1, 0.15) is 156 Å². The summed E-state index contributed by atoms with van der Waals surface area (Å²) in [5.74, 6) is -2.21. The van der Waals surface area contributed by atoms with Gasteiger partial charge in [-0.05, 0) is 25.7 Å². The molecular formula is C31H58O6. The van der Waals surface area contributed by atoms with E-state index in [2.05, 4.69) is 13.8 Å². The number of rotatable bonds is 26. The molecule has 0 aromatic rings. The molecule has 218 valence electrons. The van der Waals surface area contributed by atoms with Crippen molar-refractivity contribution >= 4 is 17.5 Å². The summed E-state index contributed by atoms with van der Waals surface area (Å²) in [7, 11) is 0. The fraction of sp³-hybridized carbons (Fsp3) is 0.903. The van der Waals surface area contributed by atoms with E-state index in [1.54, 1.807) is 0 Å². The largest absolute Gasteiger partial charge is 0.440 e. The highest BCUT2D eigenvalue weighted by Gasteiger charge is 2.54. The van der Waals surface area contributed by atoms with Gasteiger partial charge < -0.3 is 14.9 Å². The smallest absolute Gasteiger partial charge is 0.310 e. The highest BCUT2D eigenvalue weighted by atomic mass is 16.6. The highest BCUT2D eigenvalue weighted by Crippen LogP contribution is 2.29. The van der Waals surface area contributed by atoms with Crippen LogP contribution < -0.4 is 0 Å². The summed E-state index contributed by atoms with van der Waals surface area (Å²) in [6, 6.07) is 0. The first kappa shape index (κ1) is 35.7. The second-order valence-corrected chi connectivity index (χ2v) is 10.7. The zero-order valence-corrected chi connectivity index (χ0v) is 24.5. The molecule has 2 N–H and O–H groups in total. The standard InChI is InChI=1S/C31H58O6/c1-5-9-12-14-16-18-20-23-27(33)31(29(35)25-32,37-30(36)26(8-4)22-11-7-3)28(34)24-21-19-17-15-13-10-6-2/h26,29,32,35H,5-25H2,1-4H3. The topological polar surface area (TPSA) is 101 Å². The number of aliphatic hydroxyl groups is 2. The van der Waals surface area contributed by atoms with Crippen LogP contribution in [0.15, 0.2) is 0 Å². The van der Waals surface area contributed by atoms with Crippen molar-refractivity contribution in [2.45, 2.75) is 168 Å². The minimum Gasteiger partial charge on any atom is -0.440 e. The summed E-state index contributed by atoms with van der Waals surface area (Å²) in [5.41, 5.74) is -2.31. The summed E-state index contributed by atoms with van der Waals surface area (Å²) >= 11 is 0. The van der Waals surface area contributed by atoms with Gasteiger partial charge in [-0.3, -0.25) is 14.4 Å². The Labute approximate surface area is 227 Å². The zero-order chi connectivity index (χ0) is 27.9. The molecule has 0 bridgehead atoms. The molecule has 0 saturated heterocycles. The van der Waals surface area contributed by atoms with Crippen LogP contribution in [0.25, 0.3) is 0 Å². The maximum atomic E-state index is 13.5. The third-order valence-electron chi connectivity index (χ3n) is 7.48. The summed E-state index contributed by atoms with van der Waals surface area (Å²) in [6.07, 6.45) is 15.3. The minimum absolute atomic E-state index is 0.0482. The van der Waals surface area contributed by atoms with Gasteiger partial charge in [0.2, 0.25) is 0 Å². The number of ketones is 2. The average Bonchev–Trinajstić information content (AvgIpc) is 2.90. The quantitative estimate of drug-likeness (QED) is 0.0699. The van der Waals surface area contributed by atoms with Crippen LogP contribution in [-0.2, 0) is 19.1 Å². The van der Waals surface area contributed by atoms with Gasteiger partial charge in [0.1, 0.15) is 6.10 Å². The van der Waals surface area contributed by atoms with Crippen LogP contribution in [0, 0.1) is 5.92 Å². The molecule has 2 atom stereocenters. The maximum absolute atomic E-state index is 13.5. The molecule has 0 aliphatic heterocycles. The van der Waals surface area contributed by atoms with Gasteiger partial charge in [-0.15, -0.1) is 0 Å². The van der Waals surface area contributed by atoms with Crippen LogP contribution >= 0.6 is 0 Å². The van der Waals surface area contributed by atoms with Gasteiger partial charge in [-0.1, -0.05) is 118 Å². The van der Waals surface area contributed by atoms with Gasteiger partial charge in [0, 0.05) is 12.8 Å². The molecule has 0 amide bonds. The van der Waals surface area contributed by atoms with E-state index in [0.717, 1.165) is 51.4 Å². The molecule has 6 heteroatoms. The Kier molecular flexibility index (Phi) is 21.9. The number of esters is 1. The molecule has 0 aromatic carbocycles. The number of hydrogen-bond acceptors (Lipinski definition) is 6. The van der Waals surface area contributed by atoms with Gasteiger partial charge in [0.25, 0.3) is 5.60 Å². The minimum atomic E-state index is -2.31. The third kappa shape index (κ3) is 13.9. The Morgan fingerprint density at radius 3 is 1.43 bits per heavy atom. The SMILES string of the molecule is CCCCCCCCCC(=O)C(OC(=O)C(CC)CCCC)(C(=O)CCCCCCCCC)C(O)CO. The molecule has 6 nitrogen and oxygen atoms in total. The zero-order valence-electron chi connectivity index (χ0n) is 24.5. The predicted octanol–water partition coefficient (Wildman–Crippen LogP) is 7.26. The number of carbonyl (C=O) groups is 3. The van der Waals surface area contributed by atoms with E-state index >= 15 is 0 Å². The Morgan fingerprint density at radius 1 is 0.649 bits per heavy atom. The van der Waals surface area contributed by atoms with Crippen LogP contribution in [-0.4, -0.2) is 46.1 Å². The summed E-state index contributed by atoms with van der Waals surface area (Å²) in [6.45, 7) is 7.44. The molecule has 0 fully saturated rings. The number of unbranched alkanes of at least 4 members (excludes halogenated alkanes) is 13. The van der Waals surface area contributed by atoms with E-state index in [1.807, 2.05) is 13.8 Å². The van der Waals surface area contributed by atoms with E-state index in [0.29, 0.717) is 25.7 Å². The lowest BCUT2D eigenvalue weighted by Crippen LogP contribution is -2.60. The van der Waals surface area contributed by atoms with Crippen molar-refractivity contribution in [3.63, 3.8) is 0 Å². The van der Waals surface area contributed by atoms with Crippen LogP contribution in [0.5, 0.6) is 0 Å². The summed E-state index contributed by atoms with van der Waals surface area (Å²) in [4.78, 5) is 40.2. The number of aliphatic hydroxyl groups excluding tert-OH is 2. The molecule has 0 rings (SSSR count). The van der Waals surface area contributed by atoms with Crippen LogP contribution in [0.3, 0.4) is 0 Å². The van der Waals surface area contributed by atoms with Crippen molar-refractivity contribution in [3.05, 3.63) is 0 Å². The Bertz CT molecular complexity index is 573. The van der Waals surface area contributed by atoms with E-state index in [1.165, 1.54) is 38.5 Å². The molecule has 0 heterocycles. The molecule has 0 saturated carbocycles. The monoisotopic (exact) mass is 526 g/mol.